The minimum atomic E-state index is 0.498. The first kappa shape index (κ1) is 7.88. The van der Waals surface area contributed by atoms with Gasteiger partial charge in [0, 0.05) is 12.2 Å². The van der Waals surface area contributed by atoms with Crippen molar-refractivity contribution in [2.24, 2.45) is 0 Å². The summed E-state index contributed by atoms with van der Waals surface area (Å²) in [4.78, 5) is 0. The third kappa shape index (κ3) is 2.13. The molecule has 58 valence electrons. The van der Waals surface area contributed by atoms with Crippen molar-refractivity contribution in [3.05, 3.63) is 6.33 Å². The summed E-state index contributed by atoms with van der Waals surface area (Å²) in [6.45, 7) is 0. The Morgan fingerprint density at radius 3 is 3.18 bits per heavy atom. The predicted octanol–water partition coefficient (Wildman–Crippen LogP) is -0.00232. The molecule has 0 spiro atoms. The van der Waals surface area contributed by atoms with Gasteiger partial charge in [0.05, 0.1) is 6.07 Å². The second kappa shape index (κ2) is 3.83. The molecule has 0 radical (unpaired) electrons. The van der Waals surface area contributed by atoms with Crippen LogP contribution in [0.25, 0.3) is 0 Å². The Morgan fingerprint density at radius 1 is 1.82 bits per heavy atom. The van der Waals surface area contributed by atoms with Crippen LogP contribution in [0.15, 0.2) is 11.5 Å². The van der Waals surface area contributed by atoms with E-state index in [1.54, 1.807) is 0 Å². The normalized spacial score (nSPS) is 9.36. The molecule has 1 rings (SSSR count). The maximum Gasteiger partial charge on any atom is 0.209 e. The molecule has 0 aromatic carbocycles. The monoisotopic (exact) mass is 169 g/mol. The Bertz CT molecular complexity index is 262. The zero-order valence-corrected chi connectivity index (χ0v) is 6.58. The van der Waals surface area contributed by atoms with Gasteiger partial charge in [0.25, 0.3) is 0 Å². The van der Waals surface area contributed by atoms with Crippen LogP contribution in [0.2, 0.25) is 0 Å². The zero-order chi connectivity index (χ0) is 8.10. The van der Waals surface area contributed by atoms with Crippen molar-refractivity contribution >= 4 is 11.8 Å². The number of nitrogens with two attached hydrogens (primary N) is 1. The van der Waals surface area contributed by atoms with E-state index in [4.69, 9.17) is 11.1 Å². The van der Waals surface area contributed by atoms with Gasteiger partial charge in [-0.25, -0.2) is 4.68 Å². The Hall–Kier alpha value is -1.22. The molecule has 1 heterocycles. The van der Waals surface area contributed by atoms with E-state index in [2.05, 4.69) is 10.2 Å². The lowest BCUT2D eigenvalue weighted by molar-refractivity contribution is 0.846. The number of hydrogen-bond acceptors (Lipinski definition) is 5. The lowest BCUT2D eigenvalue weighted by atomic mass is 10.6. The summed E-state index contributed by atoms with van der Waals surface area (Å²) in [6, 6.07) is 2.03. The van der Waals surface area contributed by atoms with Crippen LogP contribution in [0.3, 0.4) is 0 Å². The van der Waals surface area contributed by atoms with Gasteiger partial charge in [0.15, 0.2) is 0 Å². The van der Waals surface area contributed by atoms with Crippen LogP contribution in [0, 0.1) is 11.3 Å². The molecule has 0 saturated heterocycles. The summed E-state index contributed by atoms with van der Waals surface area (Å²) in [5.74, 6) is 6.11. The first-order chi connectivity index (χ1) is 5.34. The summed E-state index contributed by atoms with van der Waals surface area (Å²) in [5, 5.41) is 16.2. The summed E-state index contributed by atoms with van der Waals surface area (Å²) in [5.41, 5.74) is 0. The van der Waals surface area contributed by atoms with Crippen molar-refractivity contribution < 1.29 is 0 Å². The average Bonchev–Trinajstić information content (AvgIpc) is 2.37. The summed E-state index contributed by atoms with van der Waals surface area (Å²) < 4.78 is 1.34. The summed E-state index contributed by atoms with van der Waals surface area (Å²) in [6.07, 6.45) is 1.92. The molecular formula is C5H7N5S. The number of rotatable bonds is 3. The minimum Gasteiger partial charge on any atom is -0.336 e. The zero-order valence-electron chi connectivity index (χ0n) is 5.77. The maximum atomic E-state index is 8.23. The molecular weight excluding hydrogens is 162 g/mol. The Labute approximate surface area is 68.2 Å². The van der Waals surface area contributed by atoms with Crippen molar-refractivity contribution in [1.29, 1.82) is 5.26 Å². The first-order valence-electron chi connectivity index (χ1n) is 2.99. The standard InChI is InChI=1S/C5H7N5S/c6-2-1-3-11-5-9-8-4-10(5)7/h4H,1,3,7H2. The molecule has 0 aliphatic heterocycles. The van der Waals surface area contributed by atoms with E-state index < -0.39 is 0 Å². The molecule has 0 aliphatic rings. The average molecular weight is 169 g/mol. The molecule has 0 bridgehead atoms. The van der Waals surface area contributed by atoms with Crippen LogP contribution in [0.1, 0.15) is 6.42 Å². The van der Waals surface area contributed by atoms with E-state index in [9.17, 15) is 0 Å². The van der Waals surface area contributed by atoms with Gasteiger partial charge in [-0.1, -0.05) is 11.8 Å². The molecule has 0 atom stereocenters. The molecule has 0 aliphatic carbocycles. The third-order valence-corrected chi connectivity index (χ3v) is 1.94. The highest BCUT2D eigenvalue weighted by molar-refractivity contribution is 7.99. The van der Waals surface area contributed by atoms with Gasteiger partial charge in [-0.05, 0) is 0 Å². The van der Waals surface area contributed by atoms with E-state index in [1.807, 2.05) is 6.07 Å². The Balaban J connectivity index is 2.40. The molecule has 6 heteroatoms. The van der Waals surface area contributed by atoms with Crippen LogP contribution in [-0.4, -0.2) is 20.6 Å². The van der Waals surface area contributed by atoms with Crippen LogP contribution in [0.4, 0.5) is 0 Å². The topological polar surface area (TPSA) is 80.5 Å². The molecule has 1 aromatic rings. The summed E-state index contributed by atoms with van der Waals surface area (Å²) >= 11 is 1.42. The second-order valence-corrected chi connectivity index (χ2v) is 2.84. The van der Waals surface area contributed by atoms with Crippen LogP contribution in [0.5, 0.6) is 0 Å². The van der Waals surface area contributed by atoms with Crippen LogP contribution < -0.4 is 5.84 Å². The molecule has 0 saturated carbocycles. The maximum absolute atomic E-state index is 8.23. The van der Waals surface area contributed by atoms with E-state index in [-0.39, 0.29) is 0 Å². The van der Waals surface area contributed by atoms with Gasteiger partial charge in [0.2, 0.25) is 5.16 Å². The number of nitrogens with zero attached hydrogens (tertiary/aromatic N) is 4. The van der Waals surface area contributed by atoms with Crippen LogP contribution >= 0.6 is 11.8 Å². The van der Waals surface area contributed by atoms with Crippen molar-refractivity contribution in [1.82, 2.24) is 14.9 Å². The first-order valence-corrected chi connectivity index (χ1v) is 3.98. The predicted molar refractivity (Wildman–Crippen MR) is 41.1 cm³/mol. The fraction of sp³-hybridized carbons (Fsp3) is 0.400. The highest BCUT2D eigenvalue weighted by Crippen LogP contribution is 2.12. The highest BCUT2D eigenvalue weighted by Gasteiger charge is 1.99. The molecule has 0 amide bonds. The minimum absolute atomic E-state index is 0.498. The molecule has 1 aromatic heterocycles. The van der Waals surface area contributed by atoms with Crippen molar-refractivity contribution in [2.45, 2.75) is 11.6 Å². The van der Waals surface area contributed by atoms with Crippen molar-refractivity contribution in [3.8, 4) is 6.07 Å². The lowest BCUT2D eigenvalue weighted by Crippen LogP contribution is -2.07. The van der Waals surface area contributed by atoms with Crippen molar-refractivity contribution in [2.75, 3.05) is 11.6 Å². The number of aromatic nitrogens is 3. The number of nitriles is 1. The van der Waals surface area contributed by atoms with Crippen molar-refractivity contribution in [3.63, 3.8) is 0 Å². The summed E-state index contributed by atoms with van der Waals surface area (Å²) in [7, 11) is 0. The molecule has 0 fully saturated rings. The second-order valence-electron chi connectivity index (χ2n) is 1.78. The fourth-order valence-corrected chi connectivity index (χ4v) is 1.20. The number of thioether (sulfide) groups is 1. The van der Waals surface area contributed by atoms with Gasteiger partial charge in [0.1, 0.15) is 6.33 Å². The van der Waals surface area contributed by atoms with Gasteiger partial charge in [-0.3, -0.25) is 0 Å². The molecule has 2 N–H and O–H groups in total. The number of hydrogen-bond donors (Lipinski definition) is 1. The molecule has 11 heavy (non-hydrogen) atoms. The van der Waals surface area contributed by atoms with E-state index in [0.717, 1.165) is 0 Å². The quantitative estimate of drug-likeness (QED) is 0.391. The van der Waals surface area contributed by atoms with Gasteiger partial charge < -0.3 is 5.84 Å². The largest absolute Gasteiger partial charge is 0.336 e. The molecule has 0 unspecified atom stereocenters. The van der Waals surface area contributed by atoms with E-state index in [0.29, 0.717) is 17.3 Å². The van der Waals surface area contributed by atoms with Gasteiger partial charge in [-0.15, -0.1) is 10.2 Å². The third-order valence-electron chi connectivity index (χ3n) is 0.985. The Morgan fingerprint density at radius 2 is 2.64 bits per heavy atom. The lowest BCUT2D eigenvalue weighted by Gasteiger charge is -1.94. The van der Waals surface area contributed by atoms with Gasteiger partial charge in [-0.2, -0.15) is 5.26 Å². The van der Waals surface area contributed by atoms with Gasteiger partial charge >= 0.3 is 0 Å². The van der Waals surface area contributed by atoms with E-state index in [1.165, 1.54) is 22.8 Å². The number of nitrogen functional groups attached to an aromatic ring is 1. The molecule has 5 nitrogen and oxygen atoms in total. The van der Waals surface area contributed by atoms with E-state index >= 15 is 0 Å². The SMILES string of the molecule is N#CCCSc1nncn1N. The fourth-order valence-electron chi connectivity index (χ4n) is 0.523. The smallest absolute Gasteiger partial charge is 0.209 e. The highest BCUT2D eigenvalue weighted by atomic mass is 32.2. The van der Waals surface area contributed by atoms with Crippen LogP contribution in [-0.2, 0) is 0 Å². The Kier molecular flexibility index (Phi) is 2.74.